The quantitative estimate of drug-likeness (QED) is 0.450. The molecule has 1 saturated heterocycles. The molecule has 1 aromatic heterocycles. The van der Waals surface area contributed by atoms with E-state index >= 15 is 0 Å². The van der Waals surface area contributed by atoms with Crippen molar-refractivity contribution >= 4 is 5.91 Å². The number of amides is 1. The van der Waals surface area contributed by atoms with Gasteiger partial charge in [0.2, 0.25) is 17.6 Å². The lowest BCUT2D eigenvalue weighted by atomic mass is 9.91. The predicted octanol–water partition coefficient (Wildman–Crippen LogP) is 4.86. The van der Waals surface area contributed by atoms with Crippen LogP contribution in [-0.2, 0) is 24.3 Å². The number of ether oxygens (including phenoxy) is 1. The van der Waals surface area contributed by atoms with Crippen LogP contribution in [0.15, 0.2) is 53.1 Å². The zero-order valence-electron chi connectivity index (χ0n) is 21.0. The van der Waals surface area contributed by atoms with E-state index in [1.165, 1.54) is 25.1 Å². The normalized spacial score (nSPS) is 18.4. The van der Waals surface area contributed by atoms with E-state index in [2.05, 4.69) is 58.5 Å². The van der Waals surface area contributed by atoms with E-state index in [1.54, 1.807) is 0 Å². The summed E-state index contributed by atoms with van der Waals surface area (Å²) in [5.41, 5.74) is 3.26. The number of nitrogens with one attached hydrogen (secondary N) is 1. The lowest BCUT2D eigenvalue weighted by Crippen LogP contribution is -2.38. The first-order chi connectivity index (χ1) is 17.0. The minimum atomic E-state index is -0.0359. The smallest absolute Gasteiger partial charge is 0.227 e. The molecule has 1 aliphatic rings. The maximum Gasteiger partial charge on any atom is 0.227 e. The molecule has 7 nitrogen and oxygen atoms in total. The van der Waals surface area contributed by atoms with Crippen molar-refractivity contribution in [2.45, 2.75) is 53.1 Å². The highest BCUT2D eigenvalue weighted by molar-refractivity contribution is 5.76. The maximum absolute atomic E-state index is 12.3. The standard InChI is InChI=1S/C28H36N4O3/c1-4-34-25-11-9-24(10-12-25)28-30-27(35-31-28)14-13-26(33)29-16-22-5-7-23(8-6-22)19-32-17-20(2)15-21(3)18-32/h5-12,20-21H,4,13-19H2,1-3H3,(H,29,33). The molecule has 186 valence electrons. The molecule has 0 aliphatic carbocycles. The van der Waals surface area contributed by atoms with E-state index < -0.39 is 0 Å². The number of hydrogen-bond donors (Lipinski definition) is 1. The largest absolute Gasteiger partial charge is 0.494 e. The van der Waals surface area contributed by atoms with Gasteiger partial charge >= 0.3 is 0 Å². The van der Waals surface area contributed by atoms with Gasteiger partial charge in [0.25, 0.3) is 0 Å². The van der Waals surface area contributed by atoms with E-state index in [0.29, 0.717) is 37.7 Å². The first-order valence-corrected chi connectivity index (χ1v) is 12.6. The number of likely N-dealkylation sites (tertiary alicyclic amines) is 1. The first-order valence-electron chi connectivity index (χ1n) is 12.6. The van der Waals surface area contributed by atoms with Crippen LogP contribution in [0.1, 0.15) is 50.6 Å². The van der Waals surface area contributed by atoms with Gasteiger partial charge in [-0.15, -0.1) is 0 Å². The zero-order valence-corrected chi connectivity index (χ0v) is 21.0. The molecule has 0 bridgehead atoms. The molecule has 2 heterocycles. The highest BCUT2D eigenvalue weighted by atomic mass is 16.5. The van der Waals surface area contributed by atoms with Crippen LogP contribution in [0.4, 0.5) is 0 Å². The van der Waals surface area contributed by atoms with E-state index in [1.807, 2.05) is 31.2 Å². The Balaban J connectivity index is 1.20. The molecule has 0 saturated carbocycles. The summed E-state index contributed by atoms with van der Waals surface area (Å²) in [6.45, 7) is 11.1. The molecule has 2 unspecified atom stereocenters. The van der Waals surface area contributed by atoms with E-state index in [4.69, 9.17) is 9.26 Å². The molecule has 0 spiro atoms. The molecule has 2 atom stereocenters. The van der Waals surface area contributed by atoms with Gasteiger partial charge in [0.15, 0.2) is 0 Å². The predicted molar refractivity (Wildman–Crippen MR) is 136 cm³/mol. The molecule has 35 heavy (non-hydrogen) atoms. The summed E-state index contributed by atoms with van der Waals surface area (Å²) in [7, 11) is 0. The second kappa shape index (κ2) is 12.0. The molecule has 7 heteroatoms. The van der Waals surface area contributed by atoms with Gasteiger partial charge in [0.05, 0.1) is 6.61 Å². The van der Waals surface area contributed by atoms with Crippen molar-refractivity contribution in [3.63, 3.8) is 0 Å². The third-order valence-corrected chi connectivity index (χ3v) is 6.32. The van der Waals surface area contributed by atoms with Crippen molar-refractivity contribution < 1.29 is 14.1 Å². The Morgan fingerprint density at radius 2 is 1.74 bits per heavy atom. The van der Waals surface area contributed by atoms with E-state index in [-0.39, 0.29) is 5.91 Å². The third kappa shape index (κ3) is 7.39. The van der Waals surface area contributed by atoms with E-state index in [9.17, 15) is 4.79 Å². The van der Waals surface area contributed by atoms with Crippen LogP contribution in [0.3, 0.4) is 0 Å². The molecule has 1 amide bonds. The van der Waals surface area contributed by atoms with Gasteiger partial charge in [-0.3, -0.25) is 9.69 Å². The topological polar surface area (TPSA) is 80.5 Å². The lowest BCUT2D eigenvalue weighted by molar-refractivity contribution is -0.121. The average molecular weight is 477 g/mol. The number of aryl methyl sites for hydroxylation is 1. The van der Waals surface area contributed by atoms with Crippen molar-refractivity contribution in [3.05, 3.63) is 65.5 Å². The molecule has 1 fully saturated rings. The van der Waals surface area contributed by atoms with Crippen LogP contribution in [0.5, 0.6) is 5.75 Å². The van der Waals surface area contributed by atoms with Crippen LogP contribution in [0, 0.1) is 11.8 Å². The van der Waals surface area contributed by atoms with Gasteiger partial charge in [-0.05, 0) is 60.6 Å². The van der Waals surface area contributed by atoms with Gasteiger partial charge in [-0.2, -0.15) is 4.98 Å². The Hall–Kier alpha value is -3.19. The first kappa shape index (κ1) is 24.9. The number of nitrogens with zero attached hydrogens (tertiary/aromatic N) is 3. The van der Waals surface area contributed by atoms with Crippen molar-refractivity contribution in [3.8, 4) is 17.1 Å². The maximum atomic E-state index is 12.3. The van der Waals surface area contributed by atoms with E-state index in [0.717, 1.165) is 35.3 Å². The van der Waals surface area contributed by atoms with Gasteiger partial charge in [0, 0.05) is 44.6 Å². The number of rotatable bonds is 10. The molecular weight excluding hydrogens is 440 g/mol. The fourth-order valence-corrected chi connectivity index (χ4v) is 4.79. The average Bonchev–Trinajstić information content (AvgIpc) is 3.31. The van der Waals surface area contributed by atoms with Crippen LogP contribution < -0.4 is 10.1 Å². The van der Waals surface area contributed by atoms with Crippen LogP contribution in [0.25, 0.3) is 11.4 Å². The monoisotopic (exact) mass is 476 g/mol. The third-order valence-electron chi connectivity index (χ3n) is 6.32. The summed E-state index contributed by atoms with van der Waals surface area (Å²) < 4.78 is 10.8. The minimum absolute atomic E-state index is 0.0359. The summed E-state index contributed by atoms with van der Waals surface area (Å²) in [6, 6.07) is 16.1. The fraction of sp³-hybridized carbons (Fsp3) is 0.464. The number of carbonyl (C=O) groups is 1. The Morgan fingerprint density at radius 3 is 2.43 bits per heavy atom. The highest BCUT2D eigenvalue weighted by Crippen LogP contribution is 2.23. The molecule has 2 aromatic carbocycles. The number of piperidine rings is 1. The SMILES string of the molecule is CCOc1ccc(-c2noc(CCC(=O)NCc3ccc(CN4CC(C)CC(C)C4)cc3)n2)cc1. The van der Waals surface area contributed by atoms with Crippen molar-refractivity contribution in [2.24, 2.45) is 11.8 Å². The molecule has 3 aromatic rings. The Kier molecular flexibility index (Phi) is 8.53. The van der Waals surface area contributed by atoms with Crippen LogP contribution in [0.2, 0.25) is 0 Å². The fourth-order valence-electron chi connectivity index (χ4n) is 4.79. The summed E-state index contributed by atoms with van der Waals surface area (Å²) in [5, 5.41) is 7.01. The number of hydrogen-bond acceptors (Lipinski definition) is 6. The Morgan fingerprint density at radius 1 is 1.06 bits per heavy atom. The summed E-state index contributed by atoms with van der Waals surface area (Å²) in [4.78, 5) is 19.3. The van der Waals surface area contributed by atoms with Crippen molar-refractivity contribution in [1.29, 1.82) is 0 Å². The molecule has 4 rings (SSSR count). The summed E-state index contributed by atoms with van der Waals surface area (Å²) in [5.74, 6) is 3.26. The molecule has 1 N–H and O–H groups in total. The zero-order chi connectivity index (χ0) is 24.6. The molecular formula is C28H36N4O3. The molecule has 1 aliphatic heterocycles. The number of aromatic nitrogens is 2. The summed E-state index contributed by atoms with van der Waals surface area (Å²) >= 11 is 0. The Bertz CT molecular complexity index is 1070. The van der Waals surface area contributed by atoms with Gasteiger partial charge < -0.3 is 14.6 Å². The molecule has 0 radical (unpaired) electrons. The van der Waals surface area contributed by atoms with Gasteiger partial charge in [-0.25, -0.2) is 0 Å². The second-order valence-corrected chi connectivity index (χ2v) is 9.70. The van der Waals surface area contributed by atoms with Crippen LogP contribution >= 0.6 is 0 Å². The minimum Gasteiger partial charge on any atom is -0.494 e. The number of carbonyl (C=O) groups excluding carboxylic acids is 1. The van der Waals surface area contributed by atoms with Gasteiger partial charge in [-0.1, -0.05) is 43.3 Å². The Labute approximate surface area is 207 Å². The lowest BCUT2D eigenvalue weighted by Gasteiger charge is -2.35. The van der Waals surface area contributed by atoms with Gasteiger partial charge in [0.1, 0.15) is 5.75 Å². The van der Waals surface area contributed by atoms with Crippen LogP contribution in [-0.4, -0.2) is 40.6 Å². The van der Waals surface area contributed by atoms with Crippen molar-refractivity contribution in [1.82, 2.24) is 20.4 Å². The number of benzene rings is 2. The highest BCUT2D eigenvalue weighted by Gasteiger charge is 2.21. The van der Waals surface area contributed by atoms with Crippen molar-refractivity contribution in [2.75, 3.05) is 19.7 Å². The second-order valence-electron chi connectivity index (χ2n) is 9.70. The summed E-state index contributed by atoms with van der Waals surface area (Å²) in [6.07, 6.45) is 2.03.